The van der Waals surface area contributed by atoms with Gasteiger partial charge in [0.25, 0.3) is 5.91 Å². The Morgan fingerprint density at radius 3 is 2.61 bits per heavy atom. The number of nitrogens with zero attached hydrogens (tertiary/aromatic N) is 2. The molecule has 0 bridgehead atoms. The Morgan fingerprint density at radius 2 is 1.89 bits per heavy atom. The molecule has 1 amide bonds. The highest BCUT2D eigenvalue weighted by molar-refractivity contribution is 5.91. The first-order chi connectivity index (χ1) is 13.6. The number of hydrogen-bond donors (Lipinski definition) is 2. The molecular weight excluding hydrogens is 354 g/mol. The van der Waals surface area contributed by atoms with Gasteiger partial charge in [0.15, 0.2) is 0 Å². The van der Waals surface area contributed by atoms with Gasteiger partial charge in [-0.05, 0) is 48.0 Å². The zero-order valence-corrected chi connectivity index (χ0v) is 15.8. The summed E-state index contributed by atoms with van der Waals surface area (Å²) in [6, 6.07) is 14.7. The second-order valence-corrected chi connectivity index (χ2v) is 6.47. The monoisotopic (exact) mass is 379 g/mol. The maximum absolute atomic E-state index is 12.2. The minimum Gasteiger partial charge on any atom is -0.508 e. The number of hydrogen-bond acceptors (Lipinski definition) is 5. The highest BCUT2D eigenvalue weighted by Crippen LogP contribution is 2.19. The number of benzene rings is 2. The highest BCUT2D eigenvalue weighted by atomic mass is 16.5. The fourth-order valence-electron chi connectivity index (χ4n) is 2.97. The normalized spacial score (nSPS) is 14.8. The summed E-state index contributed by atoms with van der Waals surface area (Å²) in [6.45, 7) is 7.14. The van der Waals surface area contributed by atoms with Crippen molar-refractivity contribution in [2.75, 3.05) is 37.7 Å². The second kappa shape index (κ2) is 9.62. The van der Waals surface area contributed by atoms with Gasteiger partial charge in [-0.1, -0.05) is 24.8 Å². The van der Waals surface area contributed by atoms with Gasteiger partial charge in [0.2, 0.25) is 0 Å². The molecule has 6 nitrogen and oxygen atoms in total. The number of phenolic OH excluding ortho intramolecular Hbond substituents is 1. The third kappa shape index (κ3) is 5.62. The number of amides is 1. The van der Waals surface area contributed by atoms with Crippen LogP contribution in [0.2, 0.25) is 0 Å². The predicted molar refractivity (Wildman–Crippen MR) is 111 cm³/mol. The molecule has 1 saturated heterocycles. The van der Waals surface area contributed by atoms with E-state index in [9.17, 15) is 9.90 Å². The molecule has 0 radical (unpaired) electrons. The molecule has 0 aromatic heterocycles. The highest BCUT2D eigenvalue weighted by Gasteiger charge is 2.18. The molecule has 1 aliphatic rings. The van der Waals surface area contributed by atoms with E-state index in [0.29, 0.717) is 6.61 Å². The van der Waals surface area contributed by atoms with Crippen molar-refractivity contribution >= 4 is 17.7 Å². The van der Waals surface area contributed by atoms with E-state index < -0.39 is 0 Å². The molecule has 146 valence electrons. The van der Waals surface area contributed by atoms with Crippen molar-refractivity contribution in [2.45, 2.75) is 0 Å². The number of carbonyl (C=O) groups is 1. The van der Waals surface area contributed by atoms with Gasteiger partial charge in [-0.15, -0.1) is 0 Å². The van der Waals surface area contributed by atoms with Crippen LogP contribution in [0.5, 0.6) is 11.5 Å². The second-order valence-electron chi connectivity index (χ2n) is 6.47. The van der Waals surface area contributed by atoms with E-state index in [2.05, 4.69) is 16.9 Å². The Hall–Kier alpha value is -3.25. The zero-order chi connectivity index (χ0) is 19.8. The fourth-order valence-corrected chi connectivity index (χ4v) is 2.97. The van der Waals surface area contributed by atoms with Gasteiger partial charge in [0.1, 0.15) is 18.1 Å². The maximum Gasteiger partial charge on any atom is 0.258 e. The van der Waals surface area contributed by atoms with Crippen LogP contribution in [0.25, 0.3) is 6.08 Å². The largest absolute Gasteiger partial charge is 0.508 e. The number of aromatic hydroxyl groups is 1. The Kier molecular flexibility index (Phi) is 6.70. The molecule has 0 saturated carbocycles. The SMILES string of the molecule is C=CCOc1cccc(C=CC(=O)NN2CCN(c3ccc(O)cc3)CC2)c1. The Balaban J connectivity index is 1.47. The van der Waals surface area contributed by atoms with Gasteiger partial charge in [-0.25, -0.2) is 5.01 Å². The van der Waals surface area contributed by atoms with Crippen LogP contribution in [0.3, 0.4) is 0 Å². The summed E-state index contributed by atoms with van der Waals surface area (Å²) in [6.07, 6.45) is 4.99. The number of phenols is 1. The van der Waals surface area contributed by atoms with Gasteiger partial charge < -0.3 is 14.7 Å². The summed E-state index contributed by atoms with van der Waals surface area (Å²) in [7, 11) is 0. The van der Waals surface area contributed by atoms with Crippen molar-refractivity contribution in [3.05, 3.63) is 72.8 Å². The number of ether oxygens (including phenoxy) is 1. The predicted octanol–water partition coefficient (Wildman–Crippen LogP) is 2.82. The molecular formula is C22H25N3O3. The van der Waals surface area contributed by atoms with Gasteiger partial charge in [0, 0.05) is 37.9 Å². The number of hydrazine groups is 1. The smallest absolute Gasteiger partial charge is 0.258 e. The van der Waals surface area contributed by atoms with Crippen LogP contribution in [-0.4, -0.2) is 48.8 Å². The topological polar surface area (TPSA) is 65.0 Å². The van der Waals surface area contributed by atoms with E-state index in [0.717, 1.165) is 43.2 Å². The number of nitrogens with one attached hydrogen (secondary N) is 1. The van der Waals surface area contributed by atoms with Crippen LogP contribution in [0.1, 0.15) is 5.56 Å². The summed E-state index contributed by atoms with van der Waals surface area (Å²) >= 11 is 0. The van der Waals surface area contributed by atoms with Crippen molar-refractivity contribution in [1.29, 1.82) is 0 Å². The molecule has 1 fully saturated rings. The van der Waals surface area contributed by atoms with E-state index in [-0.39, 0.29) is 11.7 Å². The molecule has 1 aliphatic heterocycles. The van der Waals surface area contributed by atoms with E-state index in [1.807, 2.05) is 41.4 Å². The van der Waals surface area contributed by atoms with E-state index in [1.165, 1.54) is 6.08 Å². The summed E-state index contributed by atoms with van der Waals surface area (Å²) in [5.41, 5.74) is 4.88. The summed E-state index contributed by atoms with van der Waals surface area (Å²) in [5, 5.41) is 11.3. The average Bonchev–Trinajstić information content (AvgIpc) is 2.72. The van der Waals surface area contributed by atoms with Crippen LogP contribution in [0, 0.1) is 0 Å². The third-order valence-corrected chi connectivity index (χ3v) is 4.42. The Bertz CT molecular complexity index is 825. The average molecular weight is 379 g/mol. The molecule has 6 heteroatoms. The summed E-state index contributed by atoms with van der Waals surface area (Å²) < 4.78 is 5.50. The third-order valence-electron chi connectivity index (χ3n) is 4.42. The lowest BCUT2D eigenvalue weighted by atomic mass is 10.2. The maximum atomic E-state index is 12.2. The van der Waals surface area contributed by atoms with Crippen molar-refractivity contribution in [2.24, 2.45) is 0 Å². The van der Waals surface area contributed by atoms with E-state index in [1.54, 1.807) is 24.3 Å². The molecule has 28 heavy (non-hydrogen) atoms. The minimum absolute atomic E-state index is 0.157. The van der Waals surface area contributed by atoms with Gasteiger partial charge in [0.05, 0.1) is 0 Å². The minimum atomic E-state index is -0.157. The lowest BCUT2D eigenvalue weighted by Crippen LogP contribution is -2.53. The van der Waals surface area contributed by atoms with Crippen molar-refractivity contribution in [1.82, 2.24) is 10.4 Å². The number of piperazine rings is 1. The molecule has 2 aromatic carbocycles. The molecule has 2 aromatic rings. The number of anilines is 1. The fraction of sp³-hybridized carbons (Fsp3) is 0.227. The van der Waals surface area contributed by atoms with Crippen LogP contribution in [0.15, 0.2) is 67.3 Å². The van der Waals surface area contributed by atoms with Crippen LogP contribution >= 0.6 is 0 Å². The van der Waals surface area contributed by atoms with Crippen molar-refractivity contribution in [3.63, 3.8) is 0 Å². The first-order valence-electron chi connectivity index (χ1n) is 9.25. The first kappa shape index (κ1) is 19.5. The standard InChI is InChI=1S/C22H25N3O3/c1-2-16-28-21-5-3-4-18(17-21)6-11-22(27)23-25-14-12-24(13-15-25)19-7-9-20(26)10-8-19/h2-11,17,26H,1,12-16H2,(H,23,27). The number of carbonyl (C=O) groups excluding carboxylic acids is 1. The molecule has 0 unspecified atom stereocenters. The Morgan fingerprint density at radius 1 is 1.14 bits per heavy atom. The van der Waals surface area contributed by atoms with Gasteiger partial charge in [-0.2, -0.15) is 0 Å². The molecule has 1 heterocycles. The molecule has 0 spiro atoms. The summed E-state index contributed by atoms with van der Waals surface area (Å²) in [4.78, 5) is 14.4. The summed E-state index contributed by atoms with van der Waals surface area (Å²) in [5.74, 6) is 0.850. The van der Waals surface area contributed by atoms with Crippen molar-refractivity contribution < 1.29 is 14.6 Å². The lowest BCUT2D eigenvalue weighted by Gasteiger charge is -2.35. The lowest BCUT2D eigenvalue weighted by molar-refractivity contribution is -0.121. The van der Waals surface area contributed by atoms with Crippen LogP contribution in [-0.2, 0) is 4.79 Å². The molecule has 0 atom stereocenters. The quantitative estimate of drug-likeness (QED) is 0.572. The van der Waals surface area contributed by atoms with Gasteiger partial charge in [-0.3, -0.25) is 10.2 Å². The molecule has 3 rings (SSSR count). The van der Waals surface area contributed by atoms with Crippen molar-refractivity contribution in [3.8, 4) is 11.5 Å². The first-order valence-corrected chi connectivity index (χ1v) is 9.25. The van der Waals surface area contributed by atoms with Gasteiger partial charge >= 0.3 is 0 Å². The molecule has 0 aliphatic carbocycles. The van der Waals surface area contributed by atoms with Crippen LogP contribution < -0.4 is 15.1 Å². The van der Waals surface area contributed by atoms with E-state index >= 15 is 0 Å². The molecule has 2 N–H and O–H groups in total. The van der Waals surface area contributed by atoms with Crippen LogP contribution in [0.4, 0.5) is 5.69 Å². The van der Waals surface area contributed by atoms with E-state index in [4.69, 9.17) is 4.74 Å². The number of rotatable bonds is 7. The Labute approximate surface area is 165 Å². The zero-order valence-electron chi connectivity index (χ0n) is 15.8.